The largest absolute Gasteiger partial charge is 0.391 e. The number of hydrogen-bond donors (Lipinski definition) is 2. The molecule has 20 heavy (non-hydrogen) atoms. The molecule has 1 amide bonds. The zero-order valence-corrected chi connectivity index (χ0v) is 10.7. The first-order valence-corrected chi connectivity index (χ1v) is 6.41. The van der Waals surface area contributed by atoms with E-state index in [9.17, 15) is 24.4 Å². The number of rotatable bonds is 3. The predicted molar refractivity (Wildman–Crippen MR) is 68.8 cm³/mol. The number of aliphatic hydroxyl groups excluding tert-OH is 1. The van der Waals surface area contributed by atoms with E-state index in [1.807, 2.05) is 0 Å². The first-order chi connectivity index (χ1) is 9.47. The van der Waals surface area contributed by atoms with Gasteiger partial charge >= 0.3 is 0 Å². The number of aliphatic hydroxyl groups is 1. The van der Waals surface area contributed by atoms with Gasteiger partial charge in [-0.15, -0.1) is 0 Å². The van der Waals surface area contributed by atoms with E-state index < -0.39 is 34.5 Å². The van der Waals surface area contributed by atoms with Crippen LogP contribution in [0.3, 0.4) is 0 Å². The summed E-state index contributed by atoms with van der Waals surface area (Å²) >= 11 is 0. The van der Waals surface area contributed by atoms with Crippen molar-refractivity contribution < 1.29 is 19.2 Å². The summed E-state index contributed by atoms with van der Waals surface area (Å²) in [5.74, 6) is -1.45. The van der Waals surface area contributed by atoms with Gasteiger partial charge in [0, 0.05) is 11.6 Å². The standard InChI is InChI=1S/C13H15FN2O4/c14-9-5-8(6-10(7-9)16(19)20)13(18)15-11-3-1-2-4-12(11)17/h5-7,11-12,17H,1-4H2,(H,15,18)/t11-,12-/m0/s1. The Morgan fingerprint density at radius 3 is 2.70 bits per heavy atom. The fourth-order valence-corrected chi connectivity index (χ4v) is 2.34. The van der Waals surface area contributed by atoms with Crippen molar-refractivity contribution in [3.8, 4) is 0 Å². The number of non-ortho nitro benzene ring substituents is 1. The van der Waals surface area contributed by atoms with Gasteiger partial charge in [0.1, 0.15) is 5.82 Å². The summed E-state index contributed by atoms with van der Waals surface area (Å²) in [7, 11) is 0. The number of carbonyl (C=O) groups is 1. The van der Waals surface area contributed by atoms with Crippen molar-refractivity contribution in [1.29, 1.82) is 0 Å². The number of halogens is 1. The average molecular weight is 282 g/mol. The fraction of sp³-hybridized carbons (Fsp3) is 0.462. The van der Waals surface area contributed by atoms with Crippen LogP contribution in [0.4, 0.5) is 10.1 Å². The van der Waals surface area contributed by atoms with Gasteiger partial charge in [-0.3, -0.25) is 14.9 Å². The van der Waals surface area contributed by atoms with Crippen molar-refractivity contribution in [2.24, 2.45) is 0 Å². The molecule has 0 heterocycles. The molecule has 1 aromatic rings. The molecule has 0 unspecified atom stereocenters. The van der Waals surface area contributed by atoms with Crippen LogP contribution in [-0.2, 0) is 0 Å². The van der Waals surface area contributed by atoms with Gasteiger partial charge in [-0.1, -0.05) is 12.8 Å². The van der Waals surface area contributed by atoms with Crippen molar-refractivity contribution >= 4 is 11.6 Å². The summed E-state index contributed by atoms with van der Waals surface area (Å²) in [6, 6.07) is 2.33. The molecule has 1 fully saturated rings. The maximum Gasteiger partial charge on any atom is 0.273 e. The van der Waals surface area contributed by atoms with Gasteiger partial charge in [0.2, 0.25) is 0 Å². The third-order valence-electron chi connectivity index (χ3n) is 3.40. The van der Waals surface area contributed by atoms with Crippen molar-refractivity contribution in [2.75, 3.05) is 0 Å². The normalized spacial score (nSPS) is 22.3. The molecule has 1 saturated carbocycles. The highest BCUT2D eigenvalue weighted by atomic mass is 19.1. The second kappa shape index (κ2) is 5.96. The molecule has 2 N–H and O–H groups in total. The molecule has 0 aliphatic heterocycles. The number of nitro benzene ring substituents is 1. The lowest BCUT2D eigenvalue weighted by molar-refractivity contribution is -0.385. The molecule has 0 aromatic heterocycles. The number of nitro groups is 1. The lowest BCUT2D eigenvalue weighted by Crippen LogP contribution is -2.45. The zero-order chi connectivity index (χ0) is 14.7. The quantitative estimate of drug-likeness (QED) is 0.652. The molecule has 108 valence electrons. The Balaban J connectivity index is 2.14. The monoisotopic (exact) mass is 282 g/mol. The molecule has 1 aliphatic rings. The fourth-order valence-electron chi connectivity index (χ4n) is 2.34. The molecule has 1 aliphatic carbocycles. The topological polar surface area (TPSA) is 92.5 Å². The Labute approximate surface area is 114 Å². The van der Waals surface area contributed by atoms with Crippen molar-refractivity contribution in [1.82, 2.24) is 5.32 Å². The molecule has 2 atom stereocenters. The summed E-state index contributed by atoms with van der Waals surface area (Å²) in [4.78, 5) is 21.9. The molecule has 0 radical (unpaired) electrons. The summed E-state index contributed by atoms with van der Waals surface area (Å²) in [5, 5.41) is 23.0. The smallest absolute Gasteiger partial charge is 0.273 e. The molecular formula is C13H15FN2O4. The highest BCUT2D eigenvalue weighted by Crippen LogP contribution is 2.20. The van der Waals surface area contributed by atoms with E-state index in [1.165, 1.54) is 0 Å². The first kappa shape index (κ1) is 14.4. The van der Waals surface area contributed by atoms with Gasteiger partial charge in [-0.05, 0) is 18.9 Å². The third-order valence-corrected chi connectivity index (χ3v) is 3.40. The number of amides is 1. The lowest BCUT2D eigenvalue weighted by Gasteiger charge is -2.28. The van der Waals surface area contributed by atoms with Gasteiger partial charge in [0.15, 0.2) is 0 Å². The van der Waals surface area contributed by atoms with Crippen molar-refractivity contribution in [2.45, 2.75) is 37.8 Å². The minimum Gasteiger partial charge on any atom is -0.391 e. The first-order valence-electron chi connectivity index (χ1n) is 6.41. The second-order valence-corrected chi connectivity index (χ2v) is 4.89. The van der Waals surface area contributed by atoms with E-state index in [0.29, 0.717) is 12.8 Å². The molecule has 0 spiro atoms. The summed E-state index contributed by atoms with van der Waals surface area (Å²) in [6.07, 6.45) is 2.42. The predicted octanol–water partition coefficient (Wildman–Crippen LogP) is 1.77. The van der Waals surface area contributed by atoms with Crippen LogP contribution in [0.15, 0.2) is 18.2 Å². The molecule has 0 saturated heterocycles. The van der Waals surface area contributed by atoms with Crippen LogP contribution in [-0.4, -0.2) is 28.1 Å². The zero-order valence-electron chi connectivity index (χ0n) is 10.7. The Morgan fingerprint density at radius 1 is 1.35 bits per heavy atom. The third kappa shape index (κ3) is 3.30. The van der Waals surface area contributed by atoms with Crippen molar-refractivity contribution in [3.05, 3.63) is 39.7 Å². The lowest BCUT2D eigenvalue weighted by atomic mass is 9.92. The molecule has 0 bridgehead atoms. The highest BCUT2D eigenvalue weighted by Gasteiger charge is 2.25. The van der Waals surface area contributed by atoms with Crippen LogP contribution in [0.5, 0.6) is 0 Å². The van der Waals surface area contributed by atoms with Gasteiger partial charge in [0.25, 0.3) is 11.6 Å². The summed E-state index contributed by atoms with van der Waals surface area (Å²) < 4.78 is 13.3. The van der Waals surface area contributed by atoms with Gasteiger partial charge in [0.05, 0.1) is 23.1 Å². The number of nitrogens with zero attached hydrogens (tertiary/aromatic N) is 1. The van der Waals surface area contributed by atoms with Crippen LogP contribution in [0.1, 0.15) is 36.0 Å². The highest BCUT2D eigenvalue weighted by molar-refractivity contribution is 5.95. The summed E-state index contributed by atoms with van der Waals surface area (Å²) in [5.41, 5.74) is -0.589. The number of benzene rings is 1. The van der Waals surface area contributed by atoms with Crippen LogP contribution in [0, 0.1) is 15.9 Å². The van der Waals surface area contributed by atoms with Gasteiger partial charge in [-0.2, -0.15) is 0 Å². The number of hydrogen-bond acceptors (Lipinski definition) is 4. The molecule has 6 nitrogen and oxygen atoms in total. The maximum atomic E-state index is 13.3. The SMILES string of the molecule is O=C(N[C@H]1CCCC[C@@H]1O)c1cc(F)cc([N+](=O)[O-])c1. The Kier molecular flexibility index (Phi) is 4.29. The number of nitrogens with one attached hydrogen (secondary N) is 1. The molecule has 1 aromatic carbocycles. The Bertz CT molecular complexity index is 535. The Morgan fingerprint density at radius 2 is 2.05 bits per heavy atom. The second-order valence-electron chi connectivity index (χ2n) is 4.89. The van der Waals surface area contributed by atoms with Crippen LogP contribution >= 0.6 is 0 Å². The van der Waals surface area contributed by atoms with E-state index in [2.05, 4.69) is 5.32 Å². The van der Waals surface area contributed by atoms with Crippen molar-refractivity contribution in [3.63, 3.8) is 0 Å². The Hall–Kier alpha value is -2.02. The van der Waals surface area contributed by atoms with E-state index >= 15 is 0 Å². The van der Waals surface area contributed by atoms with E-state index in [4.69, 9.17) is 0 Å². The minimum atomic E-state index is -0.839. The minimum absolute atomic E-state index is 0.116. The molecular weight excluding hydrogens is 267 g/mol. The van der Waals surface area contributed by atoms with Gasteiger partial charge < -0.3 is 10.4 Å². The van der Waals surface area contributed by atoms with Crippen LogP contribution < -0.4 is 5.32 Å². The number of carbonyl (C=O) groups excluding carboxylic acids is 1. The van der Waals surface area contributed by atoms with Crippen LogP contribution in [0.2, 0.25) is 0 Å². The molecule has 2 rings (SSSR count). The van der Waals surface area contributed by atoms with E-state index in [1.54, 1.807) is 0 Å². The summed E-state index contributed by atoms with van der Waals surface area (Å²) in [6.45, 7) is 0. The molecule has 7 heteroatoms. The average Bonchev–Trinajstić information content (AvgIpc) is 2.40. The van der Waals surface area contributed by atoms with Crippen LogP contribution in [0.25, 0.3) is 0 Å². The van der Waals surface area contributed by atoms with E-state index in [0.717, 1.165) is 31.0 Å². The van der Waals surface area contributed by atoms with Gasteiger partial charge in [-0.25, -0.2) is 4.39 Å². The van der Waals surface area contributed by atoms with E-state index in [-0.39, 0.29) is 5.56 Å². The maximum absolute atomic E-state index is 13.3.